The molecule has 0 aliphatic heterocycles. The van der Waals surface area contributed by atoms with Crippen molar-refractivity contribution >= 4 is 17.2 Å². The molecule has 4 N–H and O–H groups in total. The van der Waals surface area contributed by atoms with E-state index in [4.69, 9.17) is 10.8 Å². The third-order valence-corrected chi connectivity index (χ3v) is 3.55. The van der Waals surface area contributed by atoms with Gasteiger partial charge < -0.3 is 16.2 Å². The number of thiophene rings is 1. The van der Waals surface area contributed by atoms with Crippen LogP contribution in [0.3, 0.4) is 0 Å². The van der Waals surface area contributed by atoms with Gasteiger partial charge in [-0.25, -0.2) is 0 Å². The maximum atomic E-state index is 11.6. The summed E-state index contributed by atoms with van der Waals surface area (Å²) in [5, 5.41) is 13.8. The Morgan fingerprint density at radius 1 is 1.67 bits per heavy atom. The zero-order valence-corrected chi connectivity index (χ0v) is 9.04. The smallest absolute Gasteiger partial charge is 0.242 e. The van der Waals surface area contributed by atoms with E-state index < -0.39 is 6.04 Å². The Morgan fingerprint density at radius 2 is 2.40 bits per heavy atom. The Morgan fingerprint density at radius 3 is 2.93 bits per heavy atom. The molecule has 1 atom stereocenters. The topological polar surface area (TPSA) is 75.4 Å². The predicted molar refractivity (Wildman–Crippen MR) is 58.4 cm³/mol. The lowest BCUT2D eigenvalue weighted by Crippen LogP contribution is -2.49. The minimum atomic E-state index is -0.581. The summed E-state index contributed by atoms with van der Waals surface area (Å²) in [7, 11) is 0. The van der Waals surface area contributed by atoms with Crippen LogP contribution >= 0.6 is 11.3 Å². The maximum Gasteiger partial charge on any atom is 0.242 e. The average Bonchev–Trinajstić information content (AvgIpc) is 2.66. The second-order valence-corrected chi connectivity index (χ2v) is 4.80. The molecular formula is C10H14N2O2S. The fourth-order valence-corrected chi connectivity index (χ4v) is 2.32. The van der Waals surface area contributed by atoms with Crippen molar-refractivity contribution in [1.29, 1.82) is 0 Å². The molecular weight excluding hydrogens is 212 g/mol. The highest BCUT2D eigenvalue weighted by molar-refractivity contribution is 7.10. The van der Waals surface area contributed by atoms with Gasteiger partial charge in [-0.3, -0.25) is 4.79 Å². The number of hydrogen-bond acceptors (Lipinski definition) is 4. The number of aliphatic hydroxyl groups excluding tert-OH is 1. The third kappa shape index (κ3) is 2.37. The molecule has 1 unspecified atom stereocenters. The van der Waals surface area contributed by atoms with E-state index in [9.17, 15) is 4.79 Å². The fraction of sp³-hybridized carbons (Fsp3) is 0.500. The molecule has 1 aromatic rings. The van der Waals surface area contributed by atoms with Crippen LogP contribution in [0.2, 0.25) is 0 Å². The molecule has 1 saturated carbocycles. The minimum Gasteiger partial charge on any atom is -0.393 e. The monoisotopic (exact) mass is 226 g/mol. The summed E-state index contributed by atoms with van der Waals surface area (Å²) in [5.41, 5.74) is 5.78. The summed E-state index contributed by atoms with van der Waals surface area (Å²) in [6.07, 6.45) is 1.03. The molecule has 2 rings (SSSR count). The molecule has 1 fully saturated rings. The molecule has 1 amide bonds. The van der Waals surface area contributed by atoms with Crippen LogP contribution in [-0.4, -0.2) is 23.2 Å². The standard InChI is InChI=1S/C10H14N2O2S/c11-9(8-2-1-3-15-8)10(14)12-6-4-7(13)5-6/h1-3,6-7,9,13H,4-5,11H2,(H,12,14). The Hall–Kier alpha value is -0.910. The minimum absolute atomic E-state index is 0.0958. The number of carbonyl (C=O) groups excluding carboxylic acids is 1. The molecule has 1 aliphatic rings. The summed E-state index contributed by atoms with van der Waals surface area (Å²) in [6.45, 7) is 0. The van der Waals surface area contributed by atoms with Gasteiger partial charge in [0.1, 0.15) is 6.04 Å². The number of aliphatic hydroxyl groups is 1. The van der Waals surface area contributed by atoms with Gasteiger partial charge in [-0.15, -0.1) is 11.3 Å². The molecule has 0 aromatic carbocycles. The largest absolute Gasteiger partial charge is 0.393 e. The summed E-state index contributed by atoms with van der Waals surface area (Å²) in [5.74, 6) is -0.158. The van der Waals surface area contributed by atoms with E-state index in [1.54, 1.807) is 0 Å². The van der Waals surface area contributed by atoms with E-state index in [0.29, 0.717) is 12.8 Å². The van der Waals surface area contributed by atoms with Gasteiger partial charge in [-0.2, -0.15) is 0 Å². The molecule has 4 nitrogen and oxygen atoms in total. The second kappa shape index (κ2) is 4.30. The first kappa shape index (κ1) is 10.6. The number of amides is 1. The highest BCUT2D eigenvalue weighted by atomic mass is 32.1. The van der Waals surface area contributed by atoms with Gasteiger partial charge in [0.15, 0.2) is 0 Å². The van der Waals surface area contributed by atoms with Crippen LogP contribution in [0.15, 0.2) is 17.5 Å². The van der Waals surface area contributed by atoms with Crippen LogP contribution in [0.4, 0.5) is 0 Å². The Kier molecular flexibility index (Phi) is 3.04. The van der Waals surface area contributed by atoms with Gasteiger partial charge >= 0.3 is 0 Å². The van der Waals surface area contributed by atoms with Gasteiger partial charge in [-0.05, 0) is 24.3 Å². The molecule has 82 valence electrons. The van der Waals surface area contributed by atoms with Crippen molar-refractivity contribution in [2.75, 3.05) is 0 Å². The van der Waals surface area contributed by atoms with Crippen molar-refractivity contribution in [3.63, 3.8) is 0 Å². The first-order valence-electron chi connectivity index (χ1n) is 4.94. The Balaban J connectivity index is 1.86. The van der Waals surface area contributed by atoms with Crippen molar-refractivity contribution in [2.45, 2.75) is 31.0 Å². The van der Waals surface area contributed by atoms with Crippen molar-refractivity contribution in [3.05, 3.63) is 22.4 Å². The Labute approximate surface area is 92.1 Å². The molecule has 1 aliphatic carbocycles. The van der Waals surface area contributed by atoms with E-state index >= 15 is 0 Å². The van der Waals surface area contributed by atoms with E-state index in [-0.39, 0.29) is 18.1 Å². The normalized spacial score (nSPS) is 26.8. The van der Waals surface area contributed by atoms with Crippen LogP contribution in [-0.2, 0) is 4.79 Å². The van der Waals surface area contributed by atoms with Gasteiger partial charge in [0.25, 0.3) is 0 Å². The molecule has 1 heterocycles. The first-order valence-corrected chi connectivity index (χ1v) is 5.82. The molecule has 5 heteroatoms. The average molecular weight is 226 g/mol. The maximum absolute atomic E-state index is 11.6. The van der Waals surface area contributed by atoms with Crippen molar-refractivity contribution in [1.82, 2.24) is 5.32 Å². The van der Waals surface area contributed by atoms with Crippen LogP contribution in [0, 0.1) is 0 Å². The third-order valence-electron chi connectivity index (χ3n) is 2.59. The van der Waals surface area contributed by atoms with Crippen molar-refractivity contribution in [2.24, 2.45) is 5.73 Å². The number of nitrogens with one attached hydrogen (secondary N) is 1. The number of rotatable bonds is 3. The SMILES string of the molecule is NC(C(=O)NC1CC(O)C1)c1cccs1. The van der Waals surface area contributed by atoms with Gasteiger partial charge in [0.05, 0.1) is 6.10 Å². The zero-order chi connectivity index (χ0) is 10.8. The first-order chi connectivity index (χ1) is 7.16. The van der Waals surface area contributed by atoms with Crippen LogP contribution in [0.5, 0.6) is 0 Å². The number of hydrogen-bond donors (Lipinski definition) is 3. The van der Waals surface area contributed by atoms with Gasteiger partial charge in [0.2, 0.25) is 5.91 Å². The summed E-state index contributed by atoms with van der Waals surface area (Å²) in [6, 6.07) is 3.24. The van der Waals surface area contributed by atoms with Gasteiger partial charge in [0, 0.05) is 10.9 Å². The number of nitrogens with two attached hydrogens (primary N) is 1. The lowest BCUT2D eigenvalue weighted by molar-refractivity contribution is -0.124. The van der Waals surface area contributed by atoms with Gasteiger partial charge in [-0.1, -0.05) is 6.07 Å². The summed E-state index contributed by atoms with van der Waals surface area (Å²) < 4.78 is 0. The molecule has 0 bridgehead atoms. The van der Waals surface area contributed by atoms with E-state index in [1.807, 2.05) is 17.5 Å². The summed E-state index contributed by atoms with van der Waals surface area (Å²) >= 11 is 1.48. The highest BCUT2D eigenvalue weighted by Gasteiger charge is 2.30. The molecule has 15 heavy (non-hydrogen) atoms. The second-order valence-electron chi connectivity index (χ2n) is 3.82. The predicted octanol–water partition coefficient (Wildman–Crippen LogP) is 0.387. The van der Waals surface area contributed by atoms with E-state index in [0.717, 1.165) is 4.88 Å². The van der Waals surface area contributed by atoms with Crippen molar-refractivity contribution < 1.29 is 9.90 Å². The lowest BCUT2D eigenvalue weighted by Gasteiger charge is -2.32. The molecule has 0 spiro atoms. The van der Waals surface area contributed by atoms with Crippen LogP contribution in [0.1, 0.15) is 23.8 Å². The van der Waals surface area contributed by atoms with Crippen LogP contribution < -0.4 is 11.1 Å². The highest BCUT2D eigenvalue weighted by Crippen LogP contribution is 2.21. The molecule has 0 radical (unpaired) electrons. The van der Waals surface area contributed by atoms with Crippen molar-refractivity contribution in [3.8, 4) is 0 Å². The molecule has 0 saturated heterocycles. The van der Waals surface area contributed by atoms with E-state index in [2.05, 4.69) is 5.32 Å². The Bertz CT molecular complexity index is 333. The molecule has 1 aromatic heterocycles. The van der Waals surface area contributed by atoms with Crippen LogP contribution in [0.25, 0.3) is 0 Å². The van der Waals surface area contributed by atoms with E-state index in [1.165, 1.54) is 11.3 Å². The fourth-order valence-electron chi connectivity index (χ4n) is 1.59. The summed E-state index contributed by atoms with van der Waals surface area (Å²) in [4.78, 5) is 12.5. The zero-order valence-electron chi connectivity index (χ0n) is 8.22. The lowest BCUT2D eigenvalue weighted by atomic mass is 9.89. The quantitative estimate of drug-likeness (QED) is 0.698. The number of carbonyl (C=O) groups is 1.